The van der Waals surface area contributed by atoms with Crippen LogP contribution in [0.5, 0.6) is 0 Å². The van der Waals surface area contributed by atoms with Crippen molar-refractivity contribution in [2.75, 3.05) is 19.3 Å². The van der Waals surface area contributed by atoms with Gasteiger partial charge in [0.2, 0.25) is 5.82 Å². The molecule has 0 bridgehead atoms. The number of hydrogen-bond donors (Lipinski definition) is 4. The molecule has 3 aromatic rings. The van der Waals surface area contributed by atoms with E-state index in [9.17, 15) is 4.79 Å². The number of aromatic nitrogens is 4. The van der Waals surface area contributed by atoms with Gasteiger partial charge >= 0.3 is 0 Å². The summed E-state index contributed by atoms with van der Waals surface area (Å²) >= 11 is 6.51. The molecule has 0 saturated carbocycles. The van der Waals surface area contributed by atoms with Crippen LogP contribution in [0, 0.1) is 0 Å². The van der Waals surface area contributed by atoms with Crippen LogP contribution in [0.1, 0.15) is 15.9 Å². The molecule has 0 saturated heterocycles. The van der Waals surface area contributed by atoms with Crippen molar-refractivity contribution in [2.24, 2.45) is 0 Å². The van der Waals surface area contributed by atoms with E-state index in [0.29, 0.717) is 12.4 Å². The number of thioether (sulfide) groups is 1. The number of hydrogen-bond acceptors (Lipinski definition) is 7. The highest BCUT2D eigenvalue weighted by Gasteiger charge is 2.22. The molecule has 0 spiro atoms. The molecule has 0 atom stereocenters. The number of nitrogens with one attached hydrogen (secondary N) is 3. The van der Waals surface area contributed by atoms with Crippen LogP contribution >= 0.6 is 24.4 Å². The summed E-state index contributed by atoms with van der Waals surface area (Å²) in [7, 11) is 1.93. The molecule has 1 aliphatic heterocycles. The van der Waals surface area contributed by atoms with Crippen LogP contribution < -0.4 is 10.6 Å². The standard InChI is InChI=1S/C18H18N6OS2/c1-19-6-7-27-14-5-4-12(15(16(14)26)17-21-23-24-22-17)10-2-3-13-11(8-10)9-20-18(13)25/h2-5,8,19,26H,6-7,9H2,1H3,(H,20,25)(H,21,22,23,24). The Morgan fingerprint density at radius 2 is 2.11 bits per heavy atom. The van der Waals surface area contributed by atoms with Crippen molar-refractivity contribution in [2.45, 2.75) is 16.3 Å². The maximum Gasteiger partial charge on any atom is 0.251 e. The van der Waals surface area contributed by atoms with Crippen LogP contribution in [0.25, 0.3) is 22.5 Å². The van der Waals surface area contributed by atoms with E-state index in [-0.39, 0.29) is 5.91 Å². The normalized spacial score (nSPS) is 12.9. The van der Waals surface area contributed by atoms with Gasteiger partial charge in [-0.1, -0.05) is 12.1 Å². The average molecular weight is 399 g/mol. The van der Waals surface area contributed by atoms with Gasteiger partial charge in [-0.15, -0.1) is 34.6 Å². The Labute approximate surface area is 166 Å². The van der Waals surface area contributed by atoms with Crippen LogP contribution in [-0.2, 0) is 6.54 Å². The van der Waals surface area contributed by atoms with Crippen molar-refractivity contribution in [3.63, 3.8) is 0 Å². The Morgan fingerprint density at radius 3 is 2.89 bits per heavy atom. The molecule has 0 fully saturated rings. The Balaban J connectivity index is 1.81. The maximum absolute atomic E-state index is 11.8. The Hall–Kier alpha value is -2.36. The SMILES string of the molecule is CNCCSc1ccc(-c2ccc3c(c2)CNC3=O)c(-c2nn[nH]n2)c1S. The van der Waals surface area contributed by atoms with Gasteiger partial charge in [0.1, 0.15) is 0 Å². The second-order valence-electron chi connectivity index (χ2n) is 6.08. The lowest BCUT2D eigenvalue weighted by atomic mass is 9.96. The first-order chi connectivity index (χ1) is 13.2. The monoisotopic (exact) mass is 398 g/mol. The Bertz CT molecular complexity index is 990. The molecule has 2 heterocycles. The lowest BCUT2D eigenvalue weighted by Crippen LogP contribution is -2.12. The molecule has 2 aromatic carbocycles. The van der Waals surface area contributed by atoms with Gasteiger partial charge in [-0.3, -0.25) is 4.79 Å². The summed E-state index contributed by atoms with van der Waals surface area (Å²) in [4.78, 5) is 13.7. The van der Waals surface area contributed by atoms with Gasteiger partial charge in [0.05, 0.1) is 0 Å². The number of aromatic amines is 1. The van der Waals surface area contributed by atoms with Gasteiger partial charge < -0.3 is 10.6 Å². The van der Waals surface area contributed by atoms with Crippen LogP contribution in [0.2, 0.25) is 0 Å². The van der Waals surface area contributed by atoms with Crippen molar-refractivity contribution >= 4 is 30.3 Å². The summed E-state index contributed by atoms with van der Waals surface area (Å²) in [6.45, 7) is 1.45. The highest BCUT2D eigenvalue weighted by Crippen LogP contribution is 2.40. The predicted octanol–water partition coefficient (Wildman–Crippen LogP) is 2.38. The van der Waals surface area contributed by atoms with Crippen LogP contribution in [0.3, 0.4) is 0 Å². The van der Waals surface area contributed by atoms with Gasteiger partial charge in [-0.25, -0.2) is 0 Å². The zero-order valence-corrected chi connectivity index (χ0v) is 16.3. The molecule has 1 aliphatic rings. The van der Waals surface area contributed by atoms with Crippen LogP contribution in [-0.4, -0.2) is 45.9 Å². The summed E-state index contributed by atoms with van der Waals surface area (Å²) in [5, 5.41) is 20.6. The summed E-state index contributed by atoms with van der Waals surface area (Å²) in [5.74, 6) is 1.41. The van der Waals surface area contributed by atoms with Gasteiger partial charge in [0.25, 0.3) is 5.91 Å². The number of carbonyl (C=O) groups is 1. The van der Waals surface area contributed by atoms with Crippen molar-refractivity contribution in [3.05, 3.63) is 41.5 Å². The topological polar surface area (TPSA) is 95.6 Å². The molecule has 9 heteroatoms. The zero-order valence-electron chi connectivity index (χ0n) is 14.6. The first kappa shape index (κ1) is 18.0. The molecule has 7 nitrogen and oxygen atoms in total. The number of H-pyrrole nitrogens is 1. The summed E-state index contributed by atoms with van der Waals surface area (Å²) in [5.41, 5.74) is 4.50. The third-order valence-corrected chi connectivity index (χ3v) is 6.10. The van der Waals surface area contributed by atoms with Crippen molar-refractivity contribution in [1.82, 2.24) is 31.3 Å². The summed E-state index contributed by atoms with van der Waals surface area (Å²) in [6.07, 6.45) is 0. The van der Waals surface area contributed by atoms with Gasteiger partial charge in [0, 0.05) is 39.8 Å². The molecular weight excluding hydrogens is 380 g/mol. The predicted molar refractivity (Wildman–Crippen MR) is 108 cm³/mol. The molecule has 27 heavy (non-hydrogen) atoms. The largest absolute Gasteiger partial charge is 0.348 e. The summed E-state index contributed by atoms with van der Waals surface area (Å²) < 4.78 is 0. The molecule has 4 rings (SSSR count). The van der Waals surface area contributed by atoms with E-state index in [1.807, 2.05) is 25.2 Å². The highest BCUT2D eigenvalue weighted by atomic mass is 32.2. The molecule has 0 aliphatic carbocycles. The molecular formula is C18H18N6OS2. The molecule has 1 amide bonds. The minimum atomic E-state index is -0.0268. The molecule has 138 valence electrons. The fraction of sp³-hybridized carbons (Fsp3) is 0.222. The van der Waals surface area contributed by atoms with E-state index in [0.717, 1.165) is 49.9 Å². The first-order valence-corrected chi connectivity index (χ1v) is 9.91. The smallest absolute Gasteiger partial charge is 0.251 e. The zero-order chi connectivity index (χ0) is 18.8. The van der Waals surface area contributed by atoms with Crippen LogP contribution in [0.15, 0.2) is 40.1 Å². The molecule has 1 aromatic heterocycles. The lowest BCUT2D eigenvalue weighted by molar-refractivity contribution is 0.0966. The number of rotatable bonds is 6. The van der Waals surface area contributed by atoms with Crippen molar-refractivity contribution < 1.29 is 4.79 Å². The van der Waals surface area contributed by atoms with Gasteiger partial charge in [0.15, 0.2) is 0 Å². The van der Waals surface area contributed by atoms with Gasteiger partial charge in [-0.2, -0.15) is 5.21 Å². The van der Waals surface area contributed by atoms with E-state index in [2.05, 4.69) is 43.4 Å². The first-order valence-electron chi connectivity index (χ1n) is 8.47. The Kier molecular flexibility index (Phi) is 5.15. The molecule has 0 radical (unpaired) electrons. The van der Waals surface area contributed by atoms with Crippen molar-refractivity contribution in [3.8, 4) is 22.5 Å². The number of amides is 1. The molecule has 3 N–H and O–H groups in total. The number of tetrazole rings is 1. The van der Waals surface area contributed by atoms with E-state index < -0.39 is 0 Å². The number of benzene rings is 2. The fourth-order valence-corrected chi connectivity index (χ4v) is 4.50. The fourth-order valence-electron chi connectivity index (χ4n) is 3.09. The second-order valence-corrected chi connectivity index (χ2v) is 7.66. The average Bonchev–Trinajstić information content (AvgIpc) is 3.33. The Morgan fingerprint density at radius 1 is 1.26 bits per heavy atom. The van der Waals surface area contributed by atoms with Crippen molar-refractivity contribution in [1.29, 1.82) is 0 Å². The summed E-state index contributed by atoms with van der Waals surface area (Å²) in [6, 6.07) is 9.97. The van der Waals surface area contributed by atoms with E-state index in [1.165, 1.54) is 0 Å². The number of carbonyl (C=O) groups excluding carboxylic acids is 1. The highest BCUT2D eigenvalue weighted by molar-refractivity contribution is 7.99. The lowest BCUT2D eigenvalue weighted by Gasteiger charge is -2.14. The quantitative estimate of drug-likeness (QED) is 0.289. The third kappa shape index (κ3) is 3.45. The second kappa shape index (κ2) is 7.71. The maximum atomic E-state index is 11.8. The number of nitrogens with zero attached hydrogens (tertiary/aromatic N) is 3. The third-order valence-electron chi connectivity index (χ3n) is 4.42. The van der Waals surface area contributed by atoms with E-state index in [1.54, 1.807) is 11.8 Å². The van der Waals surface area contributed by atoms with E-state index in [4.69, 9.17) is 12.6 Å². The minimum absolute atomic E-state index is 0.0268. The number of fused-ring (bicyclic) bond motifs is 1. The van der Waals surface area contributed by atoms with Gasteiger partial charge in [-0.05, 0) is 47.2 Å². The minimum Gasteiger partial charge on any atom is -0.348 e. The number of thiol groups is 1. The van der Waals surface area contributed by atoms with Crippen LogP contribution in [0.4, 0.5) is 0 Å². The molecule has 0 unspecified atom stereocenters. The van der Waals surface area contributed by atoms with E-state index >= 15 is 0 Å².